The van der Waals surface area contributed by atoms with E-state index in [0.717, 1.165) is 13.1 Å². The van der Waals surface area contributed by atoms with Crippen LogP contribution in [-0.4, -0.2) is 43.7 Å². The number of nitrogens with zero attached hydrogens (tertiary/aromatic N) is 1. The minimum Gasteiger partial charge on any atom is -0.342 e. The maximum atomic E-state index is 11.7. The normalized spacial score (nSPS) is 10.1. The Morgan fingerprint density at radius 3 is 2.46 bits per heavy atom. The number of nitrogens with one attached hydrogen (secondary N) is 1. The van der Waals surface area contributed by atoms with Crippen molar-refractivity contribution in [2.24, 2.45) is 0 Å². The lowest BCUT2D eigenvalue weighted by atomic mass is 10.4. The topological polar surface area (TPSA) is 32.3 Å². The summed E-state index contributed by atoms with van der Waals surface area (Å²) in [5.74, 6) is 0.0869. The predicted octanol–water partition coefficient (Wildman–Crippen LogP) is 0.804. The predicted molar refractivity (Wildman–Crippen MR) is 51.4 cm³/mol. The average Bonchev–Trinajstić information content (AvgIpc) is 2.14. The molecule has 0 atom stereocenters. The van der Waals surface area contributed by atoms with Crippen molar-refractivity contribution in [2.45, 2.75) is 20.3 Å². The van der Waals surface area contributed by atoms with Crippen molar-refractivity contribution in [3.8, 4) is 0 Å². The largest absolute Gasteiger partial charge is 0.342 e. The van der Waals surface area contributed by atoms with Gasteiger partial charge in [-0.1, -0.05) is 0 Å². The summed E-state index contributed by atoms with van der Waals surface area (Å²) < 4.78 is 11.7. The van der Waals surface area contributed by atoms with E-state index in [9.17, 15) is 9.18 Å². The van der Waals surface area contributed by atoms with Gasteiger partial charge in [0.1, 0.15) is 0 Å². The van der Waals surface area contributed by atoms with E-state index in [1.54, 1.807) is 4.90 Å². The summed E-state index contributed by atoms with van der Waals surface area (Å²) >= 11 is 0. The lowest BCUT2D eigenvalue weighted by Gasteiger charge is -2.18. The molecule has 13 heavy (non-hydrogen) atoms. The van der Waals surface area contributed by atoms with Crippen molar-refractivity contribution in [2.75, 3.05) is 32.9 Å². The van der Waals surface area contributed by atoms with Crippen LogP contribution in [0, 0.1) is 0 Å². The van der Waals surface area contributed by atoms with Gasteiger partial charge in [0.15, 0.2) is 0 Å². The van der Waals surface area contributed by atoms with Crippen LogP contribution in [0.1, 0.15) is 20.3 Å². The van der Waals surface area contributed by atoms with Gasteiger partial charge in [-0.2, -0.15) is 0 Å². The zero-order chi connectivity index (χ0) is 10.1. The van der Waals surface area contributed by atoms with Gasteiger partial charge in [-0.3, -0.25) is 9.18 Å². The molecule has 0 heterocycles. The molecule has 0 aliphatic carbocycles. The van der Waals surface area contributed by atoms with Crippen LogP contribution in [0.15, 0.2) is 0 Å². The van der Waals surface area contributed by atoms with Crippen molar-refractivity contribution in [1.82, 2.24) is 10.2 Å². The van der Waals surface area contributed by atoms with Crippen molar-refractivity contribution < 1.29 is 9.18 Å². The van der Waals surface area contributed by atoms with E-state index in [1.807, 2.05) is 13.8 Å². The highest BCUT2D eigenvalue weighted by Gasteiger charge is 2.07. The summed E-state index contributed by atoms with van der Waals surface area (Å²) in [6.07, 6.45) is 0.478. The second-order valence-corrected chi connectivity index (χ2v) is 2.79. The van der Waals surface area contributed by atoms with E-state index < -0.39 is 0 Å². The quantitative estimate of drug-likeness (QED) is 0.602. The molecular weight excluding hydrogens is 171 g/mol. The molecule has 0 fully saturated rings. The van der Waals surface area contributed by atoms with Gasteiger partial charge < -0.3 is 10.2 Å². The second-order valence-electron chi connectivity index (χ2n) is 2.79. The smallest absolute Gasteiger partial charge is 0.236 e. The minimum absolute atomic E-state index is 0.0869. The number of carbonyl (C=O) groups is 1. The average molecular weight is 190 g/mol. The molecule has 0 saturated heterocycles. The zero-order valence-corrected chi connectivity index (χ0v) is 8.48. The Bertz CT molecular complexity index is 138. The lowest BCUT2D eigenvalue weighted by Crippen LogP contribution is -2.38. The molecule has 0 unspecified atom stereocenters. The molecule has 0 rings (SSSR count). The third kappa shape index (κ3) is 5.58. The summed E-state index contributed by atoms with van der Waals surface area (Å²) in [5.41, 5.74) is 0. The highest BCUT2D eigenvalue weighted by molar-refractivity contribution is 5.78. The van der Waals surface area contributed by atoms with E-state index in [1.165, 1.54) is 0 Å². The van der Waals surface area contributed by atoms with Crippen LogP contribution in [-0.2, 0) is 4.79 Å². The highest BCUT2D eigenvalue weighted by Crippen LogP contribution is 1.87. The van der Waals surface area contributed by atoms with Crippen LogP contribution in [0.25, 0.3) is 0 Å². The SMILES string of the molecule is CCN(CC)C(=O)CNCCCF. The van der Waals surface area contributed by atoms with Gasteiger partial charge in [-0.05, 0) is 26.8 Å². The van der Waals surface area contributed by atoms with Crippen LogP contribution >= 0.6 is 0 Å². The Morgan fingerprint density at radius 2 is 2.00 bits per heavy atom. The van der Waals surface area contributed by atoms with Crippen LogP contribution < -0.4 is 5.32 Å². The summed E-state index contributed by atoms with van der Waals surface area (Å²) in [4.78, 5) is 13.1. The maximum Gasteiger partial charge on any atom is 0.236 e. The molecule has 0 aromatic heterocycles. The Hall–Kier alpha value is -0.640. The molecule has 0 aliphatic rings. The molecule has 78 valence electrons. The minimum atomic E-state index is -0.327. The molecule has 0 saturated carbocycles. The number of rotatable bonds is 7. The maximum absolute atomic E-state index is 11.7. The number of amides is 1. The molecule has 0 bridgehead atoms. The summed E-state index contributed by atoms with van der Waals surface area (Å²) in [5, 5.41) is 2.90. The Kier molecular flexibility index (Phi) is 7.59. The van der Waals surface area contributed by atoms with Gasteiger partial charge in [0, 0.05) is 13.1 Å². The standard InChI is InChI=1S/C9H19FN2O/c1-3-12(4-2)9(13)8-11-7-5-6-10/h11H,3-8H2,1-2H3. The number of hydrogen-bond acceptors (Lipinski definition) is 2. The Labute approximate surface area is 79.3 Å². The first-order valence-corrected chi connectivity index (χ1v) is 4.80. The zero-order valence-electron chi connectivity index (χ0n) is 8.48. The van der Waals surface area contributed by atoms with E-state index in [4.69, 9.17) is 0 Å². The molecule has 4 heteroatoms. The molecule has 0 aromatic carbocycles. The van der Waals surface area contributed by atoms with Crippen molar-refractivity contribution in [3.63, 3.8) is 0 Å². The van der Waals surface area contributed by atoms with E-state index in [0.29, 0.717) is 19.5 Å². The summed E-state index contributed by atoms with van der Waals surface area (Å²) in [6, 6.07) is 0. The first kappa shape index (κ1) is 12.4. The molecule has 0 spiro atoms. The number of likely N-dealkylation sites (N-methyl/N-ethyl adjacent to an activating group) is 1. The first-order valence-electron chi connectivity index (χ1n) is 4.80. The molecule has 1 amide bonds. The lowest BCUT2D eigenvalue weighted by molar-refractivity contribution is -0.129. The van der Waals surface area contributed by atoms with Gasteiger partial charge in [0.05, 0.1) is 13.2 Å². The van der Waals surface area contributed by atoms with Crippen molar-refractivity contribution in [3.05, 3.63) is 0 Å². The van der Waals surface area contributed by atoms with Gasteiger partial charge in [0.25, 0.3) is 0 Å². The van der Waals surface area contributed by atoms with Crippen molar-refractivity contribution in [1.29, 1.82) is 0 Å². The van der Waals surface area contributed by atoms with Crippen LogP contribution in [0.4, 0.5) is 4.39 Å². The van der Waals surface area contributed by atoms with Crippen LogP contribution in [0.5, 0.6) is 0 Å². The van der Waals surface area contributed by atoms with Crippen LogP contribution in [0.2, 0.25) is 0 Å². The van der Waals surface area contributed by atoms with E-state index >= 15 is 0 Å². The first-order chi connectivity index (χ1) is 6.26. The molecule has 0 aliphatic heterocycles. The third-order valence-corrected chi connectivity index (χ3v) is 1.88. The summed E-state index contributed by atoms with van der Waals surface area (Å²) in [7, 11) is 0. The molecule has 0 radical (unpaired) electrons. The van der Waals surface area contributed by atoms with Gasteiger partial charge in [0.2, 0.25) is 5.91 Å². The monoisotopic (exact) mass is 190 g/mol. The van der Waals surface area contributed by atoms with Gasteiger partial charge in [-0.15, -0.1) is 0 Å². The Balaban J connectivity index is 3.48. The van der Waals surface area contributed by atoms with E-state index in [2.05, 4.69) is 5.32 Å². The van der Waals surface area contributed by atoms with Crippen molar-refractivity contribution >= 4 is 5.91 Å². The fourth-order valence-corrected chi connectivity index (χ4v) is 1.08. The molecular formula is C9H19FN2O. The number of hydrogen-bond donors (Lipinski definition) is 1. The highest BCUT2D eigenvalue weighted by atomic mass is 19.1. The Morgan fingerprint density at radius 1 is 1.38 bits per heavy atom. The number of carbonyl (C=O) groups excluding carboxylic acids is 1. The molecule has 0 aromatic rings. The van der Waals surface area contributed by atoms with Gasteiger partial charge in [-0.25, -0.2) is 0 Å². The third-order valence-electron chi connectivity index (χ3n) is 1.88. The molecule has 1 N–H and O–H groups in total. The van der Waals surface area contributed by atoms with Gasteiger partial charge >= 0.3 is 0 Å². The van der Waals surface area contributed by atoms with E-state index in [-0.39, 0.29) is 12.6 Å². The molecule has 3 nitrogen and oxygen atoms in total. The number of alkyl halides is 1. The number of halogens is 1. The second kappa shape index (κ2) is 7.98. The summed E-state index contributed by atoms with van der Waals surface area (Å²) in [6.45, 7) is 5.93. The fourth-order valence-electron chi connectivity index (χ4n) is 1.08. The fraction of sp³-hybridized carbons (Fsp3) is 0.889. The van der Waals surface area contributed by atoms with Crippen LogP contribution in [0.3, 0.4) is 0 Å².